The molecule has 5 heteroatoms. The largest absolute Gasteiger partial charge is 0.304 e. The summed E-state index contributed by atoms with van der Waals surface area (Å²) in [5.41, 5.74) is 4.78. The van der Waals surface area contributed by atoms with Crippen LogP contribution in [0.5, 0.6) is 0 Å². The second kappa shape index (κ2) is 12.1. The molecule has 0 bridgehead atoms. The van der Waals surface area contributed by atoms with Gasteiger partial charge in [-0.15, -0.1) is 53.6 Å². The Morgan fingerprint density at radius 2 is 1.47 bits per heavy atom. The SMILES string of the molecule is [2H]C([2H])([2H])c1ccc(-c2[c-]c(F)cc(F)c2)nc1.[Ir].[c-]1ccccc1-c1ccc(-c2ccccc2)cn1. The first-order chi connectivity index (χ1) is 17.3. The molecule has 1 radical (unpaired) electrons. The standard InChI is InChI=1S/C17H12N.C12H8F2N.Ir/c1-3-7-14(8-4-1)16-11-12-17(18-13-16)15-9-5-2-6-10-15;1-8-2-3-12(15-7-8)9-4-10(13)6-11(14)5-9;/h1-9,11-13H;2-4,6-7H,1H3;/q2*-1;/i;1D3;. The molecule has 0 atom stereocenters. The van der Waals surface area contributed by atoms with Gasteiger partial charge in [0.2, 0.25) is 0 Å². The molecule has 0 aliphatic heterocycles. The second-order valence-corrected chi connectivity index (χ2v) is 7.07. The molecule has 0 unspecified atom stereocenters. The van der Waals surface area contributed by atoms with Crippen molar-refractivity contribution in [2.75, 3.05) is 0 Å². The average Bonchev–Trinajstić information content (AvgIpc) is 2.89. The van der Waals surface area contributed by atoms with E-state index < -0.39 is 18.5 Å². The van der Waals surface area contributed by atoms with E-state index in [4.69, 9.17) is 4.11 Å². The van der Waals surface area contributed by atoms with Crippen LogP contribution in [0.2, 0.25) is 0 Å². The van der Waals surface area contributed by atoms with Gasteiger partial charge in [0.25, 0.3) is 0 Å². The van der Waals surface area contributed by atoms with Crippen molar-refractivity contribution in [3.8, 4) is 33.6 Å². The van der Waals surface area contributed by atoms with E-state index in [-0.39, 0.29) is 36.9 Å². The van der Waals surface area contributed by atoms with Gasteiger partial charge in [-0.25, -0.2) is 8.78 Å². The number of benzene rings is 3. The zero-order valence-electron chi connectivity index (χ0n) is 20.8. The fraction of sp³-hybridized carbons (Fsp3) is 0.0345. The summed E-state index contributed by atoms with van der Waals surface area (Å²) in [6.07, 6.45) is 3.07. The molecule has 0 N–H and O–H groups in total. The number of hydrogen-bond donors (Lipinski definition) is 0. The number of aryl methyl sites for hydroxylation is 1. The zero-order valence-corrected chi connectivity index (χ0v) is 20.2. The van der Waals surface area contributed by atoms with Crippen LogP contribution in [0.3, 0.4) is 0 Å². The van der Waals surface area contributed by atoms with Gasteiger partial charge >= 0.3 is 0 Å². The minimum absolute atomic E-state index is 0. The fourth-order valence-corrected chi connectivity index (χ4v) is 3.10. The maximum atomic E-state index is 13.0. The topological polar surface area (TPSA) is 25.8 Å². The van der Waals surface area contributed by atoms with Crippen molar-refractivity contribution in [1.82, 2.24) is 9.97 Å². The molecule has 5 rings (SSSR count). The van der Waals surface area contributed by atoms with Crippen LogP contribution in [-0.4, -0.2) is 9.97 Å². The van der Waals surface area contributed by atoms with Crippen molar-refractivity contribution in [1.29, 1.82) is 0 Å². The van der Waals surface area contributed by atoms with Crippen molar-refractivity contribution in [3.63, 3.8) is 0 Å². The third-order valence-electron chi connectivity index (χ3n) is 4.70. The summed E-state index contributed by atoms with van der Waals surface area (Å²) in [6, 6.07) is 32.3. The average molecular weight is 630 g/mol. The number of aromatic nitrogens is 2. The van der Waals surface area contributed by atoms with E-state index in [1.165, 1.54) is 23.9 Å². The molecule has 0 amide bonds. The van der Waals surface area contributed by atoms with Gasteiger partial charge in [-0.2, -0.15) is 0 Å². The van der Waals surface area contributed by atoms with Crippen molar-refractivity contribution in [3.05, 3.63) is 133 Å². The predicted molar refractivity (Wildman–Crippen MR) is 127 cm³/mol. The van der Waals surface area contributed by atoms with Crippen molar-refractivity contribution in [2.24, 2.45) is 0 Å². The first kappa shape index (κ1) is 21.0. The van der Waals surface area contributed by atoms with Crippen LogP contribution in [0.25, 0.3) is 33.6 Å². The summed E-state index contributed by atoms with van der Waals surface area (Å²) in [7, 11) is 0. The van der Waals surface area contributed by atoms with E-state index in [1.807, 2.05) is 54.7 Å². The Bertz CT molecular complexity index is 1330. The molecule has 0 spiro atoms. The molecule has 0 saturated carbocycles. The van der Waals surface area contributed by atoms with E-state index in [0.29, 0.717) is 6.07 Å². The number of nitrogens with zero attached hydrogens (tertiary/aromatic N) is 2. The smallest absolute Gasteiger partial charge is 0.0446 e. The molecule has 0 aliphatic rings. The molecule has 0 aliphatic carbocycles. The van der Waals surface area contributed by atoms with Crippen LogP contribution in [-0.2, 0) is 20.1 Å². The maximum Gasteiger partial charge on any atom is 0.0446 e. The molecule has 2 aromatic heterocycles. The summed E-state index contributed by atoms with van der Waals surface area (Å²) >= 11 is 0. The molecule has 2 heterocycles. The number of rotatable bonds is 3. The summed E-state index contributed by atoms with van der Waals surface area (Å²) in [5.74, 6) is -1.56. The third-order valence-corrected chi connectivity index (χ3v) is 4.70. The van der Waals surface area contributed by atoms with Gasteiger partial charge in [0, 0.05) is 48.2 Å². The van der Waals surface area contributed by atoms with Gasteiger partial charge in [-0.1, -0.05) is 60.7 Å². The Balaban J connectivity index is 0.000000200. The molecule has 5 aromatic rings. The molecular weight excluding hydrogens is 607 g/mol. The number of pyridine rings is 2. The third kappa shape index (κ3) is 6.74. The zero-order chi connectivity index (χ0) is 25.5. The van der Waals surface area contributed by atoms with Crippen LogP contribution in [0.4, 0.5) is 8.78 Å². The molecular formula is C29H20F2IrN2-2. The van der Waals surface area contributed by atoms with Gasteiger partial charge in [-0.3, -0.25) is 0 Å². The van der Waals surface area contributed by atoms with Crippen molar-refractivity contribution < 1.29 is 33.0 Å². The quantitative estimate of drug-likeness (QED) is 0.195. The van der Waals surface area contributed by atoms with Gasteiger partial charge in [0.15, 0.2) is 0 Å². The molecule has 171 valence electrons. The molecule has 0 fully saturated rings. The predicted octanol–water partition coefficient (Wildman–Crippen LogP) is 7.35. The number of hydrogen-bond acceptors (Lipinski definition) is 2. The van der Waals surface area contributed by atoms with E-state index in [2.05, 4.69) is 40.3 Å². The van der Waals surface area contributed by atoms with Crippen LogP contribution < -0.4 is 0 Å². The fourth-order valence-electron chi connectivity index (χ4n) is 3.10. The number of halogens is 2. The van der Waals surface area contributed by atoms with Crippen LogP contribution in [0.15, 0.2) is 103 Å². The molecule has 3 aromatic carbocycles. The minimum atomic E-state index is -2.25. The van der Waals surface area contributed by atoms with Crippen LogP contribution in [0.1, 0.15) is 9.68 Å². The Morgan fingerprint density at radius 3 is 2.09 bits per heavy atom. The van der Waals surface area contributed by atoms with E-state index in [1.54, 1.807) is 0 Å². The van der Waals surface area contributed by atoms with Crippen LogP contribution in [0, 0.1) is 30.6 Å². The van der Waals surface area contributed by atoms with E-state index in [9.17, 15) is 8.78 Å². The van der Waals surface area contributed by atoms with Crippen molar-refractivity contribution in [2.45, 2.75) is 6.85 Å². The van der Waals surface area contributed by atoms with Crippen LogP contribution >= 0.6 is 0 Å². The van der Waals surface area contributed by atoms with Gasteiger partial charge in [0.1, 0.15) is 0 Å². The van der Waals surface area contributed by atoms with E-state index in [0.717, 1.165) is 22.9 Å². The Morgan fingerprint density at radius 1 is 0.735 bits per heavy atom. The molecule has 34 heavy (non-hydrogen) atoms. The second-order valence-electron chi connectivity index (χ2n) is 7.07. The first-order valence-electron chi connectivity index (χ1n) is 11.6. The monoisotopic (exact) mass is 630 g/mol. The maximum absolute atomic E-state index is 13.0. The van der Waals surface area contributed by atoms with Crippen molar-refractivity contribution >= 4 is 0 Å². The summed E-state index contributed by atoms with van der Waals surface area (Å²) in [5, 5.41) is 0. The summed E-state index contributed by atoms with van der Waals surface area (Å²) in [4.78, 5) is 8.37. The summed E-state index contributed by atoms with van der Waals surface area (Å²) in [6.45, 7) is -2.25. The van der Waals surface area contributed by atoms with Gasteiger partial charge < -0.3 is 9.97 Å². The van der Waals surface area contributed by atoms with Gasteiger partial charge in [-0.05, 0) is 34.9 Å². The minimum Gasteiger partial charge on any atom is -0.304 e. The normalized spacial score (nSPS) is 11.6. The molecule has 2 nitrogen and oxygen atoms in total. The Hall–Kier alpha value is -3.53. The van der Waals surface area contributed by atoms with E-state index >= 15 is 0 Å². The molecule has 0 saturated heterocycles. The Labute approximate surface area is 215 Å². The Kier molecular flexibility index (Phi) is 7.47. The van der Waals surface area contributed by atoms with Gasteiger partial charge in [0.05, 0.1) is 0 Å². The first-order valence-corrected chi connectivity index (χ1v) is 10.1. The summed E-state index contributed by atoms with van der Waals surface area (Å²) < 4.78 is 47.5.